The number of fused-ring (bicyclic) bond motifs is 2. The summed E-state index contributed by atoms with van der Waals surface area (Å²) in [6, 6.07) is 17.0. The largest absolute Gasteiger partial charge is 0.318 e. The van der Waals surface area contributed by atoms with Gasteiger partial charge in [-0.2, -0.15) is 5.10 Å². The van der Waals surface area contributed by atoms with Crippen molar-refractivity contribution in [2.75, 3.05) is 0 Å². The van der Waals surface area contributed by atoms with E-state index in [1.807, 2.05) is 0 Å². The van der Waals surface area contributed by atoms with Gasteiger partial charge in [-0.05, 0) is 43.4 Å². The minimum absolute atomic E-state index is 0.945. The van der Waals surface area contributed by atoms with Crippen LogP contribution in [0.2, 0.25) is 0 Å². The van der Waals surface area contributed by atoms with Crippen molar-refractivity contribution >= 4 is 27.3 Å². The van der Waals surface area contributed by atoms with E-state index in [-0.39, 0.29) is 0 Å². The highest BCUT2D eigenvalue weighted by molar-refractivity contribution is 7.16. The molecule has 3 nitrogen and oxygen atoms in total. The molecule has 0 saturated heterocycles. The van der Waals surface area contributed by atoms with Crippen molar-refractivity contribution in [1.29, 1.82) is 0 Å². The van der Waals surface area contributed by atoms with Crippen molar-refractivity contribution in [2.45, 2.75) is 25.7 Å². The van der Waals surface area contributed by atoms with Crippen LogP contribution in [-0.2, 0) is 13.5 Å². The van der Waals surface area contributed by atoms with Gasteiger partial charge in [0.05, 0.1) is 15.9 Å². The van der Waals surface area contributed by atoms with Gasteiger partial charge in [-0.3, -0.25) is 0 Å². The quantitative estimate of drug-likeness (QED) is 0.473. The predicted octanol–water partition coefficient (Wildman–Crippen LogP) is 4.27. The minimum Gasteiger partial charge on any atom is -0.318 e. The second-order valence-corrected chi connectivity index (χ2v) is 6.93. The Bertz CT molecular complexity index is 946. The molecule has 4 rings (SSSR count). The molecule has 0 bridgehead atoms. The van der Waals surface area contributed by atoms with Gasteiger partial charge in [-0.1, -0.05) is 47.7 Å². The molecule has 2 aromatic carbocycles. The highest BCUT2D eigenvalue weighted by Crippen LogP contribution is 2.21. The Labute approximate surface area is 139 Å². The van der Waals surface area contributed by atoms with Crippen LogP contribution in [0, 0.1) is 0 Å². The molecule has 1 heterocycles. The van der Waals surface area contributed by atoms with E-state index in [0.717, 1.165) is 23.4 Å². The van der Waals surface area contributed by atoms with Crippen LogP contribution in [0.1, 0.15) is 30.4 Å². The number of nitrogens with zero attached hydrogens (tertiary/aromatic N) is 3. The van der Waals surface area contributed by atoms with Crippen molar-refractivity contribution in [3.05, 3.63) is 64.5 Å². The molecule has 3 aromatic rings. The Morgan fingerprint density at radius 1 is 0.913 bits per heavy atom. The molecule has 1 aliphatic rings. The smallest absolute Gasteiger partial charge is 0.211 e. The van der Waals surface area contributed by atoms with E-state index >= 15 is 0 Å². The van der Waals surface area contributed by atoms with Crippen molar-refractivity contribution in [1.82, 2.24) is 4.57 Å². The van der Waals surface area contributed by atoms with Gasteiger partial charge in [-0.15, -0.1) is 5.10 Å². The first-order valence-corrected chi connectivity index (χ1v) is 8.88. The summed E-state index contributed by atoms with van der Waals surface area (Å²) >= 11 is 1.69. The monoisotopic (exact) mass is 321 g/mol. The van der Waals surface area contributed by atoms with Crippen LogP contribution in [0.4, 0.5) is 0 Å². The molecule has 0 atom stereocenters. The number of aryl methyl sites for hydroxylation is 2. The molecule has 0 unspecified atom stereocenters. The second kappa shape index (κ2) is 6.13. The summed E-state index contributed by atoms with van der Waals surface area (Å²) in [5.74, 6) is 0. The fourth-order valence-electron chi connectivity index (χ4n) is 3.15. The van der Waals surface area contributed by atoms with Crippen LogP contribution in [0.5, 0.6) is 0 Å². The van der Waals surface area contributed by atoms with Crippen molar-refractivity contribution in [2.24, 2.45) is 17.3 Å². The summed E-state index contributed by atoms with van der Waals surface area (Å²) in [4.78, 5) is 0.945. The molecule has 1 aliphatic carbocycles. The number of benzene rings is 2. The molecular weight excluding hydrogens is 302 g/mol. The van der Waals surface area contributed by atoms with E-state index in [1.54, 1.807) is 11.3 Å². The lowest BCUT2D eigenvalue weighted by Crippen LogP contribution is -2.10. The van der Waals surface area contributed by atoms with E-state index in [1.165, 1.54) is 34.2 Å². The van der Waals surface area contributed by atoms with Crippen LogP contribution in [0.3, 0.4) is 0 Å². The van der Waals surface area contributed by atoms with Gasteiger partial charge in [0.2, 0.25) is 4.80 Å². The molecule has 0 saturated carbocycles. The molecule has 0 aliphatic heterocycles. The molecule has 23 heavy (non-hydrogen) atoms. The average Bonchev–Trinajstić information content (AvgIpc) is 2.78. The lowest BCUT2D eigenvalue weighted by molar-refractivity contribution is 0.774. The maximum atomic E-state index is 4.64. The van der Waals surface area contributed by atoms with Crippen LogP contribution in [-0.4, -0.2) is 10.3 Å². The topological polar surface area (TPSA) is 29.6 Å². The molecule has 0 fully saturated rings. The van der Waals surface area contributed by atoms with Crippen molar-refractivity contribution in [3.63, 3.8) is 0 Å². The maximum absolute atomic E-state index is 4.64. The van der Waals surface area contributed by atoms with E-state index in [2.05, 4.69) is 70.3 Å². The third-order valence-electron chi connectivity index (χ3n) is 4.41. The summed E-state index contributed by atoms with van der Waals surface area (Å²) in [7, 11) is 2.05. The zero-order valence-electron chi connectivity index (χ0n) is 13.2. The third-order valence-corrected chi connectivity index (χ3v) is 5.51. The van der Waals surface area contributed by atoms with Crippen molar-refractivity contribution < 1.29 is 0 Å². The Morgan fingerprint density at radius 2 is 1.70 bits per heavy atom. The summed E-state index contributed by atoms with van der Waals surface area (Å²) in [6.45, 7) is 0. The van der Waals surface area contributed by atoms with Crippen LogP contribution < -0.4 is 4.80 Å². The van der Waals surface area contributed by atoms with E-state index < -0.39 is 0 Å². The molecule has 116 valence electrons. The van der Waals surface area contributed by atoms with Gasteiger partial charge in [0.25, 0.3) is 0 Å². The lowest BCUT2D eigenvalue weighted by Gasteiger charge is -2.05. The summed E-state index contributed by atoms with van der Waals surface area (Å²) in [6.07, 6.45) is 4.56. The summed E-state index contributed by atoms with van der Waals surface area (Å²) in [5, 5.41) is 9.22. The van der Waals surface area contributed by atoms with Crippen LogP contribution in [0.25, 0.3) is 10.2 Å². The van der Waals surface area contributed by atoms with Gasteiger partial charge in [0, 0.05) is 12.6 Å². The van der Waals surface area contributed by atoms with Gasteiger partial charge < -0.3 is 4.57 Å². The zero-order chi connectivity index (χ0) is 15.6. The Balaban J connectivity index is 1.82. The highest BCUT2D eigenvalue weighted by atomic mass is 32.1. The molecule has 0 N–H and O–H groups in total. The van der Waals surface area contributed by atoms with Gasteiger partial charge >= 0.3 is 0 Å². The molecule has 0 spiro atoms. The number of hydrogen-bond donors (Lipinski definition) is 0. The van der Waals surface area contributed by atoms with E-state index in [4.69, 9.17) is 0 Å². The summed E-state index contributed by atoms with van der Waals surface area (Å²) < 4.78 is 3.36. The second-order valence-electron chi connectivity index (χ2n) is 5.92. The first kappa shape index (κ1) is 14.4. The fraction of sp³-hybridized carbons (Fsp3) is 0.263. The molecule has 4 heteroatoms. The number of hydrogen-bond acceptors (Lipinski definition) is 3. The van der Waals surface area contributed by atoms with Crippen LogP contribution >= 0.6 is 11.3 Å². The summed E-state index contributed by atoms with van der Waals surface area (Å²) in [5.41, 5.74) is 5.01. The normalized spacial score (nSPS) is 17.4. The third kappa shape index (κ3) is 2.75. The number of thiazole rings is 1. The minimum atomic E-state index is 0.945. The van der Waals surface area contributed by atoms with E-state index in [0.29, 0.717) is 0 Å². The Morgan fingerprint density at radius 3 is 2.61 bits per heavy atom. The molecule has 0 amide bonds. The molecule has 0 radical (unpaired) electrons. The molecule has 1 aromatic heterocycles. The SMILES string of the molecule is Cn1/c(=N\N=C2\CCCCc3ccccc32)sc2ccccc21. The van der Waals surface area contributed by atoms with E-state index in [9.17, 15) is 0 Å². The van der Waals surface area contributed by atoms with Gasteiger partial charge in [0.1, 0.15) is 0 Å². The molecular formula is C19H19N3S. The van der Waals surface area contributed by atoms with Gasteiger partial charge in [-0.25, -0.2) is 0 Å². The predicted molar refractivity (Wildman–Crippen MR) is 96.9 cm³/mol. The number of rotatable bonds is 1. The Kier molecular flexibility index (Phi) is 3.83. The average molecular weight is 321 g/mol. The standard InChI is InChI=1S/C19H19N3S/c1-22-17-12-6-7-13-18(17)23-19(22)21-20-16-11-5-3-9-14-8-2-4-10-15(14)16/h2,4,6-8,10,12-13H,3,5,9,11H2,1H3/b20-16-,21-19+. The van der Waals surface area contributed by atoms with Crippen molar-refractivity contribution in [3.8, 4) is 0 Å². The highest BCUT2D eigenvalue weighted by Gasteiger charge is 2.13. The van der Waals surface area contributed by atoms with Gasteiger partial charge in [0.15, 0.2) is 0 Å². The Hall–Kier alpha value is -2.20. The number of para-hydroxylation sites is 1. The fourth-order valence-corrected chi connectivity index (χ4v) is 4.12. The zero-order valence-corrected chi connectivity index (χ0v) is 14.0. The first-order chi connectivity index (χ1) is 11.3. The van der Waals surface area contributed by atoms with Crippen LogP contribution in [0.15, 0.2) is 58.7 Å². The number of aromatic nitrogens is 1. The first-order valence-electron chi connectivity index (χ1n) is 8.06. The maximum Gasteiger partial charge on any atom is 0.211 e. The lowest BCUT2D eigenvalue weighted by atomic mass is 10.0.